The van der Waals surface area contributed by atoms with Crippen LogP contribution in [0.15, 0.2) is 48.5 Å². The third-order valence-electron chi connectivity index (χ3n) is 4.82. The summed E-state index contributed by atoms with van der Waals surface area (Å²) in [6, 6.07) is 14.8. The van der Waals surface area contributed by atoms with Gasteiger partial charge in [-0.25, -0.2) is 0 Å². The summed E-state index contributed by atoms with van der Waals surface area (Å²) < 4.78 is 17.6. The van der Waals surface area contributed by atoms with E-state index in [2.05, 4.69) is 17.0 Å². The molecule has 3 rings (SSSR count). The molecule has 1 fully saturated rings. The van der Waals surface area contributed by atoms with Gasteiger partial charge in [0.05, 0.1) is 44.4 Å². The zero-order valence-electron chi connectivity index (χ0n) is 15.3. The SMILES string of the molecule is O=[N+]([O-])c1ccc(N2CC[NH+](Cc3ccc(OCCCF)cc3)CC2)cc1. The number of non-ortho nitro benzene ring substituents is 1. The molecule has 0 spiro atoms. The van der Waals surface area contributed by atoms with E-state index < -0.39 is 0 Å². The molecule has 0 amide bonds. The van der Waals surface area contributed by atoms with Crippen LogP contribution in [0, 0.1) is 10.1 Å². The maximum Gasteiger partial charge on any atom is 0.269 e. The minimum atomic E-state index is -0.372. The van der Waals surface area contributed by atoms with Gasteiger partial charge in [0, 0.05) is 29.8 Å². The van der Waals surface area contributed by atoms with E-state index in [4.69, 9.17) is 4.74 Å². The molecule has 0 radical (unpaired) electrons. The smallest absolute Gasteiger partial charge is 0.269 e. The van der Waals surface area contributed by atoms with E-state index in [0.717, 1.165) is 44.2 Å². The van der Waals surface area contributed by atoms with E-state index in [1.165, 1.54) is 10.5 Å². The Hall–Kier alpha value is -2.67. The Labute approximate surface area is 158 Å². The van der Waals surface area contributed by atoms with Gasteiger partial charge in [-0.1, -0.05) is 0 Å². The van der Waals surface area contributed by atoms with Crippen molar-refractivity contribution in [3.8, 4) is 5.75 Å². The molecule has 0 aromatic heterocycles. The van der Waals surface area contributed by atoms with Crippen LogP contribution in [-0.4, -0.2) is 44.4 Å². The summed E-state index contributed by atoms with van der Waals surface area (Å²) in [6.07, 6.45) is 0.422. The fraction of sp³-hybridized carbons (Fsp3) is 0.400. The van der Waals surface area contributed by atoms with Crippen LogP contribution in [0.5, 0.6) is 5.75 Å². The molecule has 6 nitrogen and oxygen atoms in total. The summed E-state index contributed by atoms with van der Waals surface area (Å²) in [5.74, 6) is 0.783. The first-order chi connectivity index (χ1) is 13.2. The Morgan fingerprint density at radius 2 is 1.74 bits per heavy atom. The number of nitrogens with zero attached hydrogens (tertiary/aromatic N) is 2. The standard InChI is InChI=1S/C20H24FN3O3/c21-10-1-15-27-20-8-2-17(3-9-20)16-22-11-13-23(14-12-22)18-4-6-19(7-5-18)24(25)26/h2-9H,1,10-16H2/p+1. The lowest BCUT2D eigenvalue weighted by molar-refractivity contribution is -0.914. The summed E-state index contributed by atoms with van der Waals surface area (Å²) in [4.78, 5) is 14.2. The zero-order valence-corrected chi connectivity index (χ0v) is 15.3. The van der Waals surface area contributed by atoms with Gasteiger partial charge in [0.25, 0.3) is 5.69 Å². The summed E-state index contributed by atoms with van der Waals surface area (Å²) >= 11 is 0. The Bertz CT molecular complexity index is 729. The van der Waals surface area contributed by atoms with Crippen LogP contribution in [0.3, 0.4) is 0 Å². The molecule has 144 valence electrons. The van der Waals surface area contributed by atoms with Crippen molar-refractivity contribution in [2.75, 3.05) is 44.4 Å². The molecular weight excluding hydrogens is 349 g/mol. The van der Waals surface area contributed by atoms with Gasteiger partial charge in [0.1, 0.15) is 12.3 Å². The van der Waals surface area contributed by atoms with Crippen molar-refractivity contribution in [2.24, 2.45) is 0 Å². The Morgan fingerprint density at radius 3 is 2.33 bits per heavy atom. The average molecular weight is 374 g/mol. The minimum absolute atomic E-state index is 0.125. The van der Waals surface area contributed by atoms with Crippen LogP contribution in [0.4, 0.5) is 15.8 Å². The molecule has 1 heterocycles. The van der Waals surface area contributed by atoms with Crippen molar-refractivity contribution in [2.45, 2.75) is 13.0 Å². The molecule has 0 atom stereocenters. The number of piperazine rings is 1. The van der Waals surface area contributed by atoms with Crippen LogP contribution in [0.2, 0.25) is 0 Å². The highest BCUT2D eigenvalue weighted by Gasteiger charge is 2.20. The molecule has 2 aromatic carbocycles. The molecule has 7 heteroatoms. The maximum atomic E-state index is 12.1. The first-order valence-electron chi connectivity index (χ1n) is 9.26. The second kappa shape index (κ2) is 9.32. The predicted octanol–water partition coefficient (Wildman–Crippen LogP) is 2.24. The number of benzene rings is 2. The lowest BCUT2D eigenvalue weighted by atomic mass is 10.1. The van der Waals surface area contributed by atoms with E-state index in [0.29, 0.717) is 13.0 Å². The Balaban J connectivity index is 1.47. The van der Waals surface area contributed by atoms with Crippen LogP contribution >= 0.6 is 0 Å². The molecule has 1 aliphatic heterocycles. The average Bonchev–Trinajstić information content (AvgIpc) is 2.70. The highest BCUT2D eigenvalue weighted by atomic mass is 19.1. The number of nitrogens with one attached hydrogen (secondary N) is 1. The summed E-state index contributed by atoms with van der Waals surface area (Å²) in [7, 11) is 0. The van der Waals surface area contributed by atoms with Gasteiger partial charge >= 0.3 is 0 Å². The number of nitro benzene ring substituents is 1. The normalized spacial score (nSPS) is 14.9. The van der Waals surface area contributed by atoms with E-state index in [1.807, 2.05) is 24.3 Å². The van der Waals surface area contributed by atoms with E-state index >= 15 is 0 Å². The van der Waals surface area contributed by atoms with Crippen molar-refractivity contribution in [3.63, 3.8) is 0 Å². The number of alkyl halides is 1. The number of anilines is 1. The number of hydrogen-bond donors (Lipinski definition) is 1. The predicted molar refractivity (Wildman–Crippen MR) is 102 cm³/mol. The van der Waals surface area contributed by atoms with Crippen LogP contribution < -0.4 is 14.5 Å². The minimum Gasteiger partial charge on any atom is -0.494 e. The fourth-order valence-corrected chi connectivity index (χ4v) is 3.28. The van der Waals surface area contributed by atoms with Crippen molar-refractivity contribution in [1.29, 1.82) is 0 Å². The third-order valence-corrected chi connectivity index (χ3v) is 4.82. The molecule has 1 N–H and O–H groups in total. The van der Waals surface area contributed by atoms with Gasteiger partial charge in [-0.2, -0.15) is 0 Å². The molecule has 0 bridgehead atoms. The lowest BCUT2D eigenvalue weighted by Crippen LogP contribution is -3.13. The van der Waals surface area contributed by atoms with Gasteiger partial charge in [-0.05, 0) is 36.4 Å². The molecule has 27 heavy (non-hydrogen) atoms. The number of rotatable bonds is 8. The van der Waals surface area contributed by atoms with Gasteiger partial charge in [0.2, 0.25) is 0 Å². The van der Waals surface area contributed by atoms with Crippen molar-refractivity contribution in [3.05, 3.63) is 64.2 Å². The first-order valence-corrected chi connectivity index (χ1v) is 9.26. The Morgan fingerprint density at radius 1 is 1.07 bits per heavy atom. The van der Waals surface area contributed by atoms with Crippen molar-refractivity contribution >= 4 is 11.4 Å². The summed E-state index contributed by atoms with van der Waals surface area (Å²) in [5.41, 5.74) is 2.42. The number of halogens is 1. The molecule has 1 saturated heterocycles. The van der Waals surface area contributed by atoms with Crippen LogP contribution in [-0.2, 0) is 6.54 Å². The highest BCUT2D eigenvalue weighted by Crippen LogP contribution is 2.19. The fourth-order valence-electron chi connectivity index (χ4n) is 3.28. The molecular formula is C20H25FN3O3+. The van der Waals surface area contributed by atoms with Gasteiger partial charge in [-0.3, -0.25) is 14.5 Å². The number of hydrogen-bond acceptors (Lipinski definition) is 4. The summed E-state index contributed by atoms with van der Waals surface area (Å²) in [6.45, 7) is 4.91. The van der Waals surface area contributed by atoms with Gasteiger partial charge < -0.3 is 14.5 Å². The van der Waals surface area contributed by atoms with Gasteiger partial charge in [0.15, 0.2) is 0 Å². The number of nitro groups is 1. The monoisotopic (exact) mass is 374 g/mol. The van der Waals surface area contributed by atoms with E-state index in [-0.39, 0.29) is 17.3 Å². The molecule has 0 unspecified atom stereocenters. The first kappa shape index (κ1) is 19.1. The maximum absolute atomic E-state index is 12.1. The summed E-state index contributed by atoms with van der Waals surface area (Å²) in [5, 5.41) is 10.8. The van der Waals surface area contributed by atoms with Crippen LogP contribution in [0.1, 0.15) is 12.0 Å². The van der Waals surface area contributed by atoms with Crippen LogP contribution in [0.25, 0.3) is 0 Å². The largest absolute Gasteiger partial charge is 0.494 e. The van der Waals surface area contributed by atoms with E-state index in [1.54, 1.807) is 12.1 Å². The second-order valence-electron chi connectivity index (χ2n) is 6.72. The second-order valence-corrected chi connectivity index (χ2v) is 6.72. The quantitative estimate of drug-likeness (QED) is 0.437. The third kappa shape index (κ3) is 5.40. The molecule has 2 aromatic rings. The Kier molecular flexibility index (Phi) is 6.59. The topological polar surface area (TPSA) is 60.0 Å². The molecule has 0 aliphatic carbocycles. The van der Waals surface area contributed by atoms with Crippen molar-refractivity contribution < 1.29 is 19.0 Å². The zero-order chi connectivity index (χ0) is 19.1. The van der Waals surface area contributed by atoms with Crippen molar-refractivity contribution in [1.82, 2.24) is 0 Å². The lowest BCUT2D eigenvalue weighted by Gasteiger charge is -2.33. The highest BCUT2D eigenvalue weighted by molar-refractivity contribution is 5.51. The number of ether oxygens (including phenoxy) is 1. The molecule has 1 aliphatic rings. The van der Waals surface area contributed by atoms with Gasteiger partial charge in [-0.15, -0.1) is 0 Å². The molecule has 0 saturated carbocycles. The van der Waals surface area contributed by atoms with E-state index in [9.17, 15) is 14.5 Å². The number of quaternary nitrogens is 1.